The van der Waals surface area contributed by atoms with Crippen LogP contribution in [0.5, 0.6) is 0 Å². The maximum Gasteiger partial charge on any atom is 0.270 e. The molecular formula is C18H10N4O4S. The molecule has 3 rings (SSSR count). The second-order valence-corrected chi connectivity index (χ2v) is 6.23. The first-order chi connectivity index (χ1) is 13.0. The van der Waals surface area contributed by atoms with Gasteiger partial charge in [0.1, 0.15) is 11.1 Å². The second-order valence-electron chi connectivity index (χ2n) is 5.37. The molecular weight excluding hydrogens is 368 g/mol. The summed E-state index contributed by atoms with van der Waals surface area (Å²) in [6.07, 6.45) is 1.52. The first kappa shape index (κ1) is 17.9. The van der Waals surface area contributed by atoms with E-state index in [0.717, 1.165) is 0 Å². The Kier molecular flexibility index (Phi) is 5.01. The number of thiazole rings is 1. The van der Waals surface area contributed by atoms with Gasteiger partial charge in [0.2, 0.25) is 0 Å². The molecule has 0 N–H and O–H groups in total. The van der Waals surface area contributed by atoms with E-state index in [-0.39, 0.29) is 16.9 Å². The normalized spacial score (nSPS) is 11.0. The van der Waals surface area contributed by atoms with Crippen molar-refractivity contribution in [3.63, 3.8) is 0 Å². The van der Waals surface area contributed by atoms with E-state index in [1.54, 1.807) is 23.6 Å². The van der Waals surface area contributed by atoms with Crippen molar-refractivity contribution in [2.75, 3.05) is 0 Å². The van der Waals surface area contributed by atoms with Crippen molar-refractivity contribution in [1.82, 2.24) is 4.98 Å². The summed E-state index contributed by atoms with van der Waals surface area (Å²) in [5, 5.41) is 33.4. The Balaban J connectivity index is 1.96. The van der Waals surface area contributed by atoms with Crippen LogP contribution in [0.3, 0.4) is 0 Å². The number of hydrogen-bond donors (Lipinski definition) is 0. The van der Waals surface area contributed by atoms with Crippen LogP contribution in [0.1, 0.15) is 10.6 Å². The molecule has 0 radical (unpaired) electrons. The molecule has 0 aliphatic rings. The van der Waals surface area contributed by atoms with Crippen LogP contribution in [-0.4, -0.2) is 14.8 Å². The summed E-state index contributed by atoms with van der Waals surface area (Å²) in [6.45, 7) is 0. The number of benzene rings is 2. The third-order valence-corrected chi connectivity index (χ3v) is 4.48. The lowest BCUT2D eigenvalue weighted by Crippen LogP contribution is -1.89. The summed E-state index contributed by atoms with van der Waals surface area (Å²) in [4.78, 5) is 25.2. The Hall–Kier alpha value is -3.90. The number of hydrogen-bond acceptors (Lipinski definition) is 7. The zero-order valence-corrected chi connectivity index (χ0v) is 14.4. The first-order valence-electron chi connectivity index (χ1n) is 7.55. The number of nitro benzene ring substituents is 2. The maximum absolute atomic E-state index is 10.9. The van der Waals surface area contributed by atoms with E-state index < -0.39 is 9.85 Å². The van der Waals surface area contributed by atoms with Gasteiger partial charge in [-0.2, -0.15) is 5.26 Å². The van der Waals surface area contributed by atoms with E-state index in [2.05, 4.69) is 4.98 Å². The summed E-state index contributed by atoms with van der Waals surface area (Å²) < 4.78 is 0. The van der Waals surface area contributed by atoms with E-state index >= 15 is 0 Å². The molecule has 0 fully saturated rings. The molecule has 8 nitrogen and oxygen atoms in total. The van der Waals surface area contributed by atoms with Gasteiger partial charge in [-0.1, -0.05) is 24.3 Å². The van der Waals surface area contributed by atoms with E-state index in [9.17, 15) is 25.5 Å². The SMILES string of the molecule is N#CC(=Cc1cccc([N+](=O)[O-])c1)c1nc(-c2cccc([N+](=O)[O-])c2)cs1. The molecule has 0 atom stereocenters. The van der Waals surface area contributed by atoms with E-state index in [1.165, 1.54) is 47.7 Å². The van der Waals surface area contributed by atoms with Crippen molar-refractivity contribution in [2.24, 2.45) is 0 Å². The molecule has 3 aromatic rings. The summed E-state index contributed by atoms with van der Waals surface area (Å²) in [5.74, 6) is 0. The zero-order chi connectivity index (χ0) is 19.4. The molecule has 0 saturated heterocycles. The smallest absolute Gasteiger partial charge is 0.258 e. The van der Waals surface area contributed by atoms with Gasteiger partial charge in [-0.15, -0.1) is 11.3 Å². The summed E-state index contributed by atoms with van der Waals surface area (Å²) >= 11 is 1.22. The monoisotopic (exact) mass is 378 g/mol. The Morgan fingerprint density at radius 2 is 1.74 bits per heavy atom. The third-order valence-electron chi connectivity index (χ3n) is 3.60. The minimum absolute atomic E-state index is 0.0466. The van der Waals surface area contributed by atoms with Crippen molar-refractivity contribution < 1.29 is 9.85 Å². The Bertz CT molecular complexity index is 1110. The van der Waals surface area contributed by atoms with Gasteiger partial charge in [0.15, 0.2) is 0 Å². The van der Waals surface area contributed by atoms with Crippen molar-refractivity contribution in [1.29, 1.82) is 5.26 Å². The van der Waals surface area contributed by atoms with Crippen LogP contribution in [0.15, 0.2) is 53.9 Å². The van der Waals surface area contributed by atoms with Crippen LogP contribution in [0.4, 0.5) is 11.4 Å². The van der Waals surface area contributed by atoms with Gasteiger partial charge in [-0.05, 0) is 11.6 Å². The number of non-ortho nitro benzene ring substituents is 2. The molecule has 0 aliphatic carbocycles. The van der Waals surface area contributed by atoms with Gasteiger partial charge in [0.05, 0.1) is 21.1 Å². The first-order valence-corrected chi connectivity index (χ1v) is 8.43. The Morgan fingerprint density at radius 3 is 2.41 bits per heavy atom. The molecule has 9 heteroatoms. The number of nitrogens with zero attached hydrogens (tertiary/aromatic N) is 4. The minimum atomic E-state index is -0.507. The number of nitriles is 1. The van der Waals surface area contributed by atoms with Crippen molar-refractivity contribution in [3.8, 4) is 17.3 Å². The third kappa shape index (κ3) is 4.02. The predicted molar refractivity (Wildman–Crippen MR) is 101 cm³/mol. The lowest BCUT2D eigenvalue weighted by Gasteiger charge is -1.98. The molecule has 2 aromatic carbocycles. The molecule has 132 valence electrons. The number of rotatable bonds is 5. The number of nitro groups is 2. The van der Waals surface area contributed by atoms with Gasteiger partial charge in [0, 0.05) is 35.2 Å². The molecule has 27 heavy (non-hydrogen) atoms. The van der Waals surface area contributed by atoms with Gasteiger partial charge < -0.3 is 0 Å². The largest absolute Gasteiger partial charge is 0.270 e. The van der Waals surface area contributed by atoms with E-state index in [4.69, 9.17) is 0 Å². The minimum Gasteiger partial charge on any atom is -0.258 e. The van der Waals surface area contributed by atoms with Crippen molar-refractivity contribution in [2.45, 2.75) is 0 Å². The van der Waals surface area contributed by atoms with Gasteiger partial charge in [-0.3, -0.25) is 20.2 Å². The zero-order valence-electron chi connectivity index (χ0n) is 13.6. The van der Waals surface area contributed by atoms with Crippen LogP contribution in [-0.2, 0) is 0 Å². The fraction of sp³-hybridized carbons (Fsp3) is 0. The highest BCUT2D eigenvalue weighted by atomic mass is 32.1. The topological polar surface area (TPSA) is 123 Å². The molecule has 0 aliphatic heterocycles. The average Bonchev–Trinajstić information content (AvgIpc) is 3.16. The maximum atomic E-state index is 10.9. The molecule has 1 aromatic heterocycles. The highest BCUT2D eigenvalue weighted by Gasteiger charge is 2.13. The quantitative estimate of drug-likeness (QED) is 0.360. The highest BCUT2D eigenvalue weighted by Crippen LogP contribution is 2.29. The number of aromatic nitrogens is 1. The fourth-order valence-corrected chi connectivity index (χ4v) is 3.14. The molecule has 1 heterocycles. The summed E-state index contributed by atoms with van der Waals surface area (Å²) in [5.41, 5.74) is 1.72. The van der Waals surface area contributed by atoms with E-state index in [0.29, 0.717) is 21.8 Å². The lowest BCUT2D eigenvalue weighted by atomic mass is 10.1. The predicted octanol–water partition coefficient (Wildman–Crippen LogP) is 4.69. The van der Waals surface area contributed by atoms with Gasteiger partial charge in [0.25, 0.3) is 11.4 Å². The van der Waals surface area contributed by atoms with Crippen LogP contribution in [0.2, 0.25) is 0 Å². The fourth-order valence-electron chi connectivity index (χ4n) is 2.35. The molecule has 0 amide bonds. The molecule has 0 unspecified atom stereocenters. The second kappa shape index (κ2) is 7.55. The van der Waals surface area contributed by atoms with Crippen LogP contribution in [0, 0.1) is 31.6 Å². The van der Waals surface area contributed by atoms with Crippen LogP contribution < -0.4 is 0 Å². The molecule has 0 saturated carbocycles. The summed E-state index contributed by atoms with van der Waals surface area (Å²) in [7, 11) is 0. The van der Waals surface area contributed by atoms with E-state index in [1.807, 2.05) is 6.07 Å². The Morgan fingerprint density at radius 1 is 1.07 bits per heavy atom. The van der Waals surface area contributed by atoms with Crippen LogP contribution >= 0.6 is 11.3 Å². The van der Waals surface area contributed by atoms with Crippen molar-refractivity contribution >= 4 is 34.4 Å². The highest BCUT2D eigenvalue weighted by molar-refractivity contribution is 7.11. The standard InChI is InChI=1S/C18H10N4O4S/c19-10-14(7-12-3-1-5-15(8-12)21(23)24)18-20-17(11-27-18)13-4-2-6-16(9-13)22(25)26/h1-9,11H. The Labute approximate surface area is 157 Å². The van der Waals surface area contributed by atoms with Gasteiger partial charge in [-0.25, -0.2) is 4.98 Å². The lowest BCUT2D eigenvalue weighted by molar-refractivity contribution is -0.385. The molecule has 0 spiro atoms. The number of allylic oxidation sites excluding steroid dienone is 1. The van der Waals surface area contributed by atoms with Crippen molar-refractivity contribution in [3.05, 3.63) is 84.7 Å². The van der Waals surface area contributed by atoms with Crippen LogP contribution in [0.25, 0.3) is 22.9 Å². The molecule has 0 bridgehead atoms. The van der Waals surface area contributed by atoms with Gasteiger partial charge >= 0.3 is 0 Å². The average molecular weight is 378 g/mol. The summed E-state index contributed by atoms with van der Waals surface area (Å²) in [6, 6.07) is 14.0.